The van der Waals surface area contributed by atoms with Crippen LogP contribution in [0.1, 0.15) is 51.1 Å². The molecular weight excluding hydrogens is 511 g/mol. The average Bonchev–Trinajstić information content (AvgIpc) is 3.16. The lowest BCUT2D eigenvalue weighted by Gasteiger charge is -2.30. The Morgan fingerprint density at radius 3 is 2.79 bits per heavy atom. The van der Waals surface area contributed by atoms with Gasteiger partial charge in [0.15, 0.2) is 0 Å². The Balaban J connectivity index is 1.71. The molecule has 1 unspecified atom stereocenters. The van der Waals surface area contributed by atoms with E-state index in [1.165, 1.54) is 12.3 Å². The third kappa shape index (κ3) is 5.48. The number of hydrogen-bond donors (Lipinski definition) is 3. The zero-order valence-electron chi connectivity index (χ0n) is 16.2. The van der Waals surface area contributed by atoms with Crippen molar-refractivity contribution in [2.45, 2.75) is 51.6 Å². The number of anilines is 1. The van der Waals surface area contributed by atoms with E-state index in [-0.39, 0.29) is 22.5 Å². The standard InChI is InChI=1S/C18H24ClIN6O3/c1-10-3-5-12(6-4-10)16(23-20-29)18(28)22-13-8-21-26(9-13)11(2)14-7-15(19)24-25-17(14)27/h7-12,16H,3-6H2,1-2H3,(H,22,28)(H,23,29)(H,25,27)/t10?,11?,12?,16-/m0/s1. The molecule has 1 amide bonds. The molecule has 0 radical (unpaired) electrons. The van der Waals surface area contributed by atoms with Crippen LogP contribution in [-0.4, -0.2) is 31.9 Å². The Hall–Kier alpha value is -1.66. The zero-order valence-corrected chi connectivity index (χ0v) is 19.1. The molecule has 2 heterocycles. The highest BCUT2D eigenvalue weighted by atomic mass is 127. The van der Waals surface area contributed by atoms with Crippen molar-refractivity contribution in [2.24, 2.45) is 11.8 Å². The summed E-state index contributed by atoms with van der Waals surface area (Å²) >= 11 is 4.41. The van der Waals surface area contributed by atoms with Gasteiger partial charge in [0.1, 0.15) is 11.2 Å². The van der Waals surface area contributed by atoms with Crippen molar-refractivity contribution in [3.63, 3.8) is 0 Å². The number of nitrogens with zero attached hydrogens (tertiary/aromatic N) is 3. The number of aromatic nitrogens is 4. The Morgan fingerprint density at radius 1 is 1.38 bits per heavy atom. The van der Waals surface area contributed by atoms with Gasteiger partial charge in [-0.25, -0.2) is 8.63 Å². The summed E-state index contributed by atoms with van der Waals surface area (Å²) in [6, 6.07) is 0.619. The molecule has 0 bridgehead atoms. The molecule has 0 aromatic carbocycles. The Bertz CT molecular complexity index is 924. The van der Waals surface area contributed by atoms with E-state index in [1.54, 1.807) is 17.8 Å². The molecule has 2 atom stereocenters. The van der Waals surface area contributed by atoms with E-state index in [9.17, 15) is 12.7 Å². The van der Waals surface area contributed by atoms with E-state index in [2.05, 4.69) is 31.1 Å². The number of H-pyrrole nitrogens is 1. The molecule has 0 saturated heterocycles. The summed E-state index contributed by atoms with van der Waals surface area (Å²) in [5, 5.41) is 13.3. The van der Waals surface area contributed by atoms with E-state index in [1.807, 2.05) is 0 Å². The number of carbonyl (C=O) groups is 1. The molecule has 2 aromatic rings. The summed E-state index contributed by atoms with van der Waals surface area (Å²) in [5.41, 5.74) is 0.578. The predicted octanol–water partition coefficient (Wildman–Crippen LogP) is 3.18. The van der Waals surface area contributed by atoms with Crippen molar-refractivity contribution in [1.29, 1.82) is 0 Å². The third-order valence-corrected chi connectivity index (χ3v) is 6.61. The molecular formula is C18H24ClIN6O3. The van der Waals surface area contributed by atoms with Gasteiger partial charge < -0.3 is 5.32 Å². The van der Waals surface area contributed by atoms with Crippen LogP contribution in [0.5, 0.6) is 0 Å². The second kappa shape index (κ2) is 9.90. The van der Waals surface area contributed by atoms with Gasteiger partial charge in [0.2, 0.25) is 27.4 Å². The third-order valence-electron chi connectivity index (χ3n) is 5.49. The number of carbonyl (C=O) groups excluding carboxylic acids is 1. The Kier molecular flexibility index (Phi) is 7.52. The predicted molar refractivity (Wildman–Crippen MR) is 117 cm³/mol. The largest absolute Gasteiger partial charge is 0.322 e. The quantitative estimate of drug-likeness (QED) is 0.371. The van der Waals surface area contributed by atoms with Gasteiger partial charge in [-0.2, -0.15) is 10.2 Å². The van der Waals surface area contributed by atoms with Crippen LogP contribution in [0.2, 0.25) is 5.15 Å². The Morgan fingerprint density at radius 2 is 2.10 bits per heavy atom. The van der Waals surface area contributed by atoms with Crippen LogP contribution >= 0.6 is 33.1 Å². The highest BCUT2D eigenvalue weighted by Crippen LogP contribution is 2.31. The van der Waals surface area contributed by atoms with Gasteiger partial charge in [0.25, 0.3) is 5.56 Å². The highest BCUT2D eigenvalue weighted by Gasteiger charge is 2.31. The first kappa shape index (κ1) is 22.0. The van der Waals surface area contributed by atoms with Crippen LogP contribution in [0.4, 0.5) is 5.69 Å². The molecule has 1 fully saturated rings. The van der Waals surface area contributed by atoms with Gasteiger partial charge in [-0.3, -0.25) is 17.3 Å². The van der Waals surface area contributed by atoms with Crippen molar-refractivity contribution in [3.8, 4) is 0 Å². The topological polar surface area (TPSA) is 122 Å². The molecule has 0 aliphatic heterocycles. The lowest BCUT2D eigenvalue weighted by atomic mass is 9.79. The zero-order chi connectivity index (χ0) is 21.0. The molecule has 0 spiro atoms. The molecule has 1 saturated carbocycles. The minimum absolute atomic E-state index is 0.173. The summed E-state index contributed by atoms with van der Waals surface area (Å²) in [6.45, 7) is 4.02. The summed E-state index contributed by atoms with van der Waals surface area (Å²) in [6.07, 6.45) is 7.22. The molecule has 1 aliphatic rings. The number of rotatable bonds is 7. The van der Waals surface area contributed by atoms with Gasteiger partial charge in [-0.1, -0.05) is 31.4 Å². The van der Waals surface area contributed by atoms with Crippen LogP contribution < -0.4 is 14.4 Å². The molecule has 3 rings (SSSR count). The molecule has 158 valence electrons. The van der Waals surface area contributed by atoms with Crippen molar-refractivity contribution in [1.82, 2.24) is 23.5 Å². The first-order chi connectivity index (χ1) is 13.9. The van der Waals surface area contributed by atoms with Crippen LogP contribution in [0.25, 0.3) is 0 Å². The highest BCUT2D eigenvalue weighted by molar-refractivity contribution is 14.1. The smallest absolute Gasteiger partial charge is 0.269 e. The maximum Gasteiger partial charge on any atom is 0.269 e. The summed E-state index contributed by atoms with van der Waals surface area (Å²) in [5.74, 6) is 0.630. The molecule has 3 N–H and O–H groups in total. The van der Waals surface area contributed by atoms with Crippen molar-refractivity contribution in [2.75, 3.05) is 5.32 Å². The molecule has 29 heavy (non-hydrogen) atoms. The fourth-order valence-corrected chi connectivity index (χ4v) is 4.93. The van der Waals surface area contributed by atoms with Gasteiger partial charge >= 0.3 is 0 Å². The number of nitrogens with one attached hydrogen (secondary N) is 3. The van der Waals surface area contributed by atoms with E-state index < -0.39 is 33.5 Å². The number of amides is 1. The van der Waals surface area contributed by atoms with Crippen LogP contribution in [-0.2, 0) is 7.86 Å². The first-order valence-electron chi connectivity index (χ1n) is 9.50. The fraction of sp³-hybridized carbons (Fsp3) is 0.556. The van der Waals surface area contributed by atoms with Gasteiger partial charge in [-0.05, 0) is 37.7 Å². The van der Waals surface area contributed by atoms with Crippen LogP contribution in [0.15, 0.2) is 23.3 Å². The fourth-order valence-electron chi connectivity index (χ4n) is 3.70. The molecule has 9 nitrogen and oxygen atoms in total. The Labute approximate surface area is 184 Å². The average molecular weight is 535 g/mol. The second-order valence-corrected chi connectivity index (χ2v) is 8.98. The van der Waals surface area contributed by atoms with Gasteiger partial charge in [0.05, 0.1) is 17.9 Å². The van der Waals surface area contributed by atoms with E-state index in [0.717, 1.165) is 25.7 Å². The normalized spacial score (nSPS) is 21.5. The van der Waals surface area contributed by atoms with E-state index >= 15 is 0 Å². The molecule has 2 aromatic heterocycles. The molecule has 1 aliphatic carbocycles. The molecule has 11 heteroatoms. The number of aromatic amines is 1. The monoisotopic (exact) mass is 534 g/mol. The summed E-state index contributed by atoms with van der Waals surface area (Å²) in [7, 11) is 0. The number of halogens is 2. The maximum absolute atomic E-state index is 12.8. The van der Waals surface area contributed by atoms with Crippen molar-refractivity contribution < 1.29 is 7.86 Å². The maximum atomic E-state index is 12.8. The van der Waals surface area contributed by atoms with Gasteiger partial charge in [-0.15, -0.1) is 0 Å². The summed E-state index contributed by atoms with van der Waals surface area (Å²) in [4.78, 5) is 24.8. The van der Waals surface area contributed by atoms with E-state index in [4.69, 9.17) is 11.6 Å². The first-order valence-corrected chi connectivity index (χ1v) is 11.8. The van der Waals surface area contributed by atoms with Crippen LogP contribution in [0, 0.1) is 11.8 Å². The van der Waals surface area contributed by atoms with Crippen molar-refractivity contribution in [3.05, 3.63) is 39.5 Å². The van der Waals surface area contributed by atoms with Crippen LogP contribution in [0.3, 0.4) is 0 Å². The lowest BCUT2D eigenvalue weighted by molar-refractivity contribution is -0.119. The second-order valence-electron chi connectivity index (χ2n) is 7.53. The van der Waals surface area contributed by atoms with E-state index in [0.29, 0.717) is 17.2 Å². The lowest BCUT2D eigenvalue weighted by Crippen LogP contribution is -2.43. The SMILES string of the molecule is CC1CCC([C@H](NI=O)C(=O)Nc2cnn(C(C)c3cc(Cl)n[nH]c3=O)c2)CC1. The minimum atomic E-state index is -1.46. The summed E-state index contributed by atoms with van der Waals surface area (Å²) < 4.78 is 15.7. The minimum Gasteiger partial charge on any atom is -0.322 e. The number of hydrogen-bond acceptors (Lipinski definition) is 5. The van der Waals surface area contributed by atoms with Gasteiger partial charge in [0, 0.05) is 11.8 Å². The van der Waals surface area contributed by atoms with Crippen molar-refractivity contribution >= 4 is 44.7 Å².